The fourth-order valence-electron chi connectivity index (χ4n) is 3.33. The average molecular weight is 348 g/mol. The Morgan fingerprint density at radius 1 is 1.23 bits per heavy atom. The zero-order valence-electron chi connectivity index (χ0n) is 14.9. The molecule has 6 nitrogen and oxygen atoms in total. The number of pyridine rings is 1. The SMILES string of the molecule is COc1cc(C)c(-c2cn3ccc(N4CCOCC4)cc3n2)cc1C#N. The van der Waals surface area contributed by atoms with Crippen LogP contribution in [0.2, 0.25) is 0 Å². The second kappa shape index (κ2) is 6.70. The number of morpholine rings is 1. The molecule has 2 aromatic heterocycles. The number of ether oxygens (including phenoxy) is 2. The van der Waals surface area contributed by atoms with E-state index in [0.717, 1.165) is 54.5 Å². The van der Waals surface area contributed by atoms with Crippen molar-refractivity contribution in [1.29, 1.82) is 5.26 Å². The van der Waals surface area contributed by atoms with Crippen molar-refractivity contribution < 1.29 is 9.47 Å². The number of benzene rings is 1. The molecule has 6 heteroatoms. The third kappa shape index (κ3) is 2.87. The molecule has 3 heterocycles. The normalized spacial score (nSPS) is 14.4. The first kappa shape index (κ1) is 16.4. The Balaban J connectivity index is 1.75. The minimum absolute atomic E-state index is 0.513. The fourth-order valence-corrected chi connectivity index (χ4v) is 3.33. The van der Waals surface area contributed by atoms with Crippen LogP contribution in [-0.4, -0.2) is 42.8 Å². The summed E-state index contributed by atoms with van der Waals surface area (Å²) < 4.78 is 12.7. The van der Waals surface area contributed by atoms with E-state index < -0.39 is 0 Å². The molecule has 132 valence electrons. The van der Waals surface area contributed by atoms with Crippen molar-refractivity contribution in [2.75, 3.05) is 38.3 Å². The van der Waals surface area contributed by atoms with Crippen LogP contribution in [0.1, 0.15) is 11.1 Å². The van der Waals surface area contributed by atoms with Gasteiger partial charge in [0, 0.05) is 42.8 Å². The Hall–Kier alpha value is -3.04. The number of imidazole rings is 1. The van der Waals surface area contributed by atoms with Gasteiger partial charge >= 0.3 is 0 Å². The van der Waals surface area contributed by atoms with Gasteiger partial charge in [0.05, 0.1) is 31.6 Å². The van der Waals surface area contributed by atoms with Gasteiger partial charge < -0.3 is 18.8 Å². The van der Waals surface area contributed by atoms with E-state index >= 15 is 0 Å². The van der Waals surface area contributed by atoms with Crippen molar-refractivity contribution in [2.45, 2.75) is 6.92 Å². The molecule has 0 saturated carbocycles. The largest absolute Gasteiger partial charge is 0.495 e. The van der Waals surface area contributed by atoms with Gasteiger partial charge in [0.15, 0.2) is 0 Å². The lowest BCUT2D eigenvalue weighted by molar-refractivity contribution is 0.122. The van der Waals surface area contributed by atoms with Crippen LogP contribution in [-0.2, 0) is 4.74 Å². The summed E-state index contributed by atoms with van der Waals surface area (Å²) in [6.45, 7) is 5.31. The molecule has 0 atom stereocenters. The third-order valence-electron chi connectivity index (χ3n) is 4.76. The van der Waals surface area contributed by atoms with E-state index in [9.17, 15) is 5.26 Å². The van der Waals surface area contributed by atoms with E-state index in [0.29, 0.717) is 11.3 Å². The van der Waals surface area contributed by atoms with Crippen LogP contribution in [0.4, 0.5) is 5.69 Å². The quantitative estimate of drug-likeness (QED) is 0.728. The monoisotopic (exact) mass is 348 g/mol. The molecule has 0 amide bonds. The lowest BCUT2D eigenvalue weighted by atomic mass is 10.0. The smallest absolute Gasteiger partial charge is 0.139 e. The topological polar surface area (TPSA) is 62.8 Å². The summed E-state index contributed by atoms with van der Waals surface area (Å²) in [5.41, 5.74) is 5.37. The number of methoxy groups -OCH3 is 1. The number of hydrogen-bond acceptors (Lipinski definition) is 5. The molecule has 1 aliphatic rings. The van der Waals surface area contributed by atoms with Gasteiger partial charge in [-0.1, -0.05) is 0 Å². The van der Waals surface area contributed by atoms with Crippen molar-refractivity contribution in [1.82, 2.24) is 9.38 Å². The molecule has 26 heavy (non-hydrogen) atoms. The number of nitrogens with zero attached hydrogens (tertiary/aromatic N) is 4. The molecule has 1 aromatic carbocycles. The summed E-state index contributed by atoms with van der Waals surface area (Å²) in [5.74, 6) is 0.590. The lowest BCUT2D eigenvalue weighted by Gasteiger charge is -2.28. The van der Waals surface area contributed by atoms with E-state index in [2.05, 4.69) is 23.1 Å². The van der Waals surface area contributed by atoms with Gasteiger partial charge in [0.1, 0.15) is 17.5 Å². The fraction of sp³-hybridized carbons (Fsp3) is 0.300. The highest BCUT2D eigenvalue weighted by atomic mass is 16.5. The molecule has 3 aromatic rings. The number of anilines is 1. The van der Waals surface area contributed by atoms with Crippen LogP contribution in [0.15, 0.2) is 36.7 Å². The highest BCUT2D eigenvalue weighted by Gasteiger charge is 2.15. The Morgan fingerprint density at radius 3 is 2.77 bits per heavy atom. The maximum atomic E-state index is 9.36. The second-order valence-electron chi connectivity index (χ2n) is 6.36. The molecular weight excluding hydrogens is 328 g/mol. The van der Waals surface area contributed by atoms with Crippen LogP contribution in [0.25, 0.3) is 16.9 Å². The first-order chi connectivity index (χ1) is 12.7. The van der Waals surface area contributed by atoms with E-state index in [4.69, 9.17) is 14.5 Å². The van der Waals surface area contributed by atoms with Gasteiger partial charge in [-0.15, -0.1) is 0 Å². The van der Waals surface area contributed by atoms with E-state index in [-0.39, 0.29) is 0 Å². The van der Waals surface area contributed by atoms with Gasteiger partial charge in [0.25, 0.3) is 0 Å². The maximum absolute atomic E-state index is 9.36. The molecule has 0 unspecified atom stereocenters. The minimum atomic E-state index is 0.513. The summed E-state index contributed by atoms with van der Waals surface area (Å²) in [5, 5.41) is 9.36. The van der Waals surface area contributed by atoms with E-state index in [1.807, 2.05) is 35.9 Å². The van der Waals surface area contributed by atoms with Crippen LogP contribution in [0.5, 0.6) is 5.75 Å². The molecule has 0 aliphatic carbocycles. The number of aromatic nitrogens is 2. The maximum Gasteiger partial charge on any atom is 0.139 e. The van der Waals surface area contributed by atoms with Crippen LogP contribution < -0.4 is 9.64 Å². The van der Waals surface area contributed by atoms with Crippen LogP contribution >= 0.6 is 0 Å². The summed E-state index contributed by atoms with van der Waals surface area (Å²) >= 11 is 0. The molecule has 0 spiro atoms. The second-order valence-corrected chi connectivity index (χ2v) is 6.36. The highest BCUT2D eigenvalue weighted by Crippen LogP contribution is 2.30. The van der Waals surface area contributed by atoms with Crippen molar-refractivity contribution in [3.05, 3.63) is 47.8 Å². The molecule has 0 radical (unpaired) electrons. The summed E-state index contributed by atoms with van der Waals surface area (Å²) in [6.07, 6.45) is 4.02. The number of fused-ring (bicyclic) bond motifs is 1. The molecule has 1 saturated heterocycles. The van der Waals surface area contributed by atoms with Gasteiger partial charge in [-0.25, -0.2) is 4.98 Å². The summed E-state index contributed by atoms with van der Waals surface area (Å²) in [7, 11) is 1.58. The molecular formula is C20H20N4O2. The molecule has 4 rings (SSSR count). The number of rotatable bonds is 3. The van der Waals surface area contributed by atoms with E-state index in [1.54, 1.807) is 7.11 Å². The predicted molar refractivity (Wildman–Crippen MR) is 99.7 cm³/mol. The zero-order valence-corrected chi connectivity index (χ0v) is 14.9. The first-order valence-electron chi connectivity index (χ1n) is 8.60. The third-order valence-corrected chi connectivity index (χ3v) is 4.76. The Kier molecular flexibility index (Phi) is 4.23. The van der Waals surface area contributed by atoms with Gasteiger partial charge in [-0.05, 0) is 30.7 Å². The molecule has 1 aliphatic heterocycles. The number of hydrogen-bond donors (Lipinski definition) is 0. The highest BCUT2D eigenvalue weighted by molar-refractivity contribution is 5.71. The Labute approximate surface area is 152 Å². The van der Waals surface area contributed by atoms with Crippen molar-refractivity contribution in [3.63, 3.8) is 0 Å². The van der Waals surface area contributed by atoms with E-state index in [1.165, 1.54) is 0 Å². The van der Waals surface area contributed by atoms with Gasteiger partial charge in [-0.3, -0.25) is 0 Å². The summed E-state index contributed by atoms with van der Waals surface area (Å²) in [4.78, 5) is 7.09. The van der Waals surface area contributed by atoms with Crippen molar-refractivity contribution in [3.8, 4) is 23.1 Å². The number of aryl methyl sites for hydroxylation is 1. The first-order valence-corrected chi connectivity index (χ1v) is 8.60. The van der Waals surface area contributed by atoms with Crippen molar-refractivity contribution >= 4 is 11.3 Å². The van der Waals surface area contributed by atoms with Gasteiger partial charge in [-0.2, -0.15) is 5.26 Å². The van der Waals surface area contributed by atoms with Gasteiger partial charge in [0.2, 0.25) is 0 Å². The predicted octanol–water partition coefficient (Wildman–Crippen LogP) is 3.03. The zero-order chi connectivity index (χ0) is 18.1. The number of nitriles is 1. The molecule has 0 N–H and O–H groups in total. The molecule has 1 fully saturated rings. The Bertz CT molecular complexity index is 997. The molecule has 0 bridgehead atoms. The lowest BCUT2D eigenvalue weighted by Crippen LogP contribution is -2.36. The Morgan fingerprint density at radius 2 is 2.04 bits per heavy atom. The summed E-state index contributed by atoms with van der Waals surface area (Å²) in [6, 6.07) is 10.1. The minimum Gasteiger partial charge on any atom is -0.495 e. The average Bonchev–Trinajstić information content (AvgIpc) is 3.11. The van der Waals surface area contributed by atoms with Crippen LogP contribution in [0, 0.1) is 18.3 Å². The van der Waals surface area contributed by atoms with Crippen molar-refractivity contribution in [2.24, 2.45) is 0 Å². The van der Waals surface area contributed by atoms with Crippen LogP contribution in [0.3, 0.4) is 0 Å². The standard InChI is InChI=1S/C20H20N4O2/c1-14-9-19(25-2)15(12-21)10-17(14)18-13-24-4-3-16(11-20(24)22-18)23-5-7-26-8-6-23/h3-4,9-11,13H,5-8H2,1-2H3.